The minimum Gasteiger partial charge on any atom is -0.463 e. The van der Waals surface area contributed by atoms with E-state index in [0.717, 1.165) is 29.5 Å². The summed E-state index contributed by atoms with van der Waals surface area (Å²) < 4.78 is 5.57. The highest BCUT2D eigenvalue weighted by Crippen LogP contribution is 2.45. The average Bonchev–Trinajstić information content (AvgIpc) is 2.97. The number of carbonyl (C=O) groups excluding carboxylic acids is 2. The Hall–Kier alpha value is -2.16. The van der Waals surface area contributed by atoms with Gasteiger partial charge in [0.15, 0.2) is 0 Å². The summed E-state index contributed by atoms with van der Waals surface area (Å²) in [6.45, 7) is 6.17. The molecule has 2 aliphatic rings. The zero-order valence-corrected chi connectivity index (χ0v) is 12.4. The third-order valence-corrected chi connectivity index (χ3v) is 4.92. The van der Waals surface area contributed by atoms with Gasteiger partial charge < -0.3 is 4.42 Å². The van der Waals surface area contributed by atoms with Crippen molar-refractivity contribution < 1.29 is 14.0 Å². The summed E-state index contributed by atoms with van der Waals surface area (Å²) in [6.07, 6.45) is 3.41. The molecule has 0 aliphatic heterocycles. The molecule has 106 valence electrons. The van der Waals surface area contributed by atoms with Crippen LogP contribution in [0.15, 0.2) is 22.8 Å². The summed E-state index contributed by atoms with van der Waals surface area (Å²) >= 11 is 0. The van der Waals surface area contributed by atoms with Crippen molar-refractivity contribution in [2.75, 3.05) is 0 Å². The molecule has 4 rings (SSSR count). The quantitative estimate of drug-likeness (QED) is 0.688. The monoisotopic (exact) mass is 280 g/mol. The van der Waals surface area contributed by atoms with Crippen LogP contribution >= 0.6 is 0 Å². The molecule has 0 saturated heterocycles. The maximum Gasteiger partial charge on any atom is 0.237 e. The lowest BCUT2D eigenvalue weighted by molar-refractivity contribution is 0.0813. The third-order valence-electron chi connectivity index (χ3n) is 4.92. The van der Waals surface area contributed by atoms with Crippen molar-refractivity contribution in [3.8, 4) is 11.3 Å². The molecule has 0 amide bonds. The van der Waals surface area contributed by atoms with E-state index in [0.29, 0.717) is 16.9 Å². The summed E-state index contributed by atoms with van der Waals surface area (Å²) in [6, 6.07) is 4.03. The van der Waals surface area contributed by atoms with E-state index in [4.69, 9.17) is 4.42 Å². The molecule has 0 saturated carbocycles. The molecule has 1 aromatic heterocycles. The standard InChI is InChI=1S/C18H16O3/c1-9-8-21-17-11-4-5-12-10(6-7-18(12,2)3)14(11)16(20)15(19)13(9)17/h4-5,8H,6-7H2,1-3H3. The van der Waals surface area contributed by atoms with Crippen molar-refractivity contribution in [3.05, 3.63) is 46.2 Å². The molecule has 0 N–H and O–H groups in total. The van der Waals surface area contributed by atoms with Gasteiger partial charge in [-0.05, 0) is 41.9 Å². The van der Waals surface area contributed by atoms with E-state index in [1.54, 1.807) is 13.2 Å². The van der Waals surface area contributed by atoms with E-state index >= 15 is 0 Å². The molecule has 1 heterocycles. The van der Waals surface area contributed by atoms with Crippen molar-refractivity contribution in [2.45, 2.75) is 39.0 Å². The fourth-order valence-corrected chi connectivity index (χ4v) is 3.71. The van der Waals surface area contributed by atoms with E-state index < -0.39 is 5.78 Å². The maximum absolute atomic E-state index is 12.6. The lowest BCUT2D eigenvalue weighted by Gasteiger charge is -2.22. The van der Waals surface area contributed by atoms with Crippen LogP contribution in [0.2, 0.25) is 0 Å². The molecule has 0 radical (unpaired) electrons. The number of aryl methyl sites for hydroxylation is 1. The summed E-state index contributed by atoms with van der Waals surface area (Å²) in [5, 5.41) is 0. The zero-order chi connectivity index (χ0) is 14.9. The van der Waals surface area contributed by atoms with E-state index in [-0.39, 0.29) is 11.2 Å². The lowest BCUT2D eigenvalue weighted by atomic mass is 9.80. The van der Waals surface area contributed by atoms with Crippen LogP contribution in [0.5, 0.6) is 0 Å². The molecular formula is C18H16O3. The highest BCUT2D eigenvalue weighted by Gasteiger charge is 2.40. The van der Waals surface area contributed by atoms with Crippen molar-refractivity contribution in [2.24, 2.45) is 0 Å². The van der Waals surface area contributed by atoms with Gasteiger partial charge in [-0.15, -0.1) is 0 Å². The van der Waals surface area contributed by atoms with Crippen LogP contribution in [-0.4, -0.2) is 11.6 Å². The number of hydrogen-bond donors (Lipinski definition) is 0. The second-order valence-electron chi connectivity index (χ2n) is 6.68. The van der Waals surface area contributed by atoms with Crippen LogP contribution in [0.25, 0.3) is 11.3 Å². The molecule has 2 aromatic rings. The van der Waals surface area contributed by atoms with Gasteiger partial charge >= 0.3 is 0 Å². The van der Waals surface area contributed by atoms with Crippen molar-refractivity contribution in [1.82, 2.24) is 0 Å². The fraction of sp³-hybridized carbons (Fsp3) is 0.333. The van der Waals surface area contributed by atoms with Gasteiger partial charge in [-0.2, -0.15) is 0 Å². The molecule has 3 nitrogen and oxygen atoms in total. The van der Waals surface area contributed by atoms with Gasteiger partial charge in [0.05, 0.1) is 11.8 Å². The normalized spacial score (nSPS) is 18.4. The van der Waals surface area contributed by atoms with Gasteiger partial charge in [-0.1, -0.05) is 26.0 Å². The Bertz CT molecular complexity index is 821. The second kappa shape index (κ2) is 3.73. The van der Waals surface area contributed by atoms with E-state index in [1.807, 2.05) is 6.07 Å². The Balaban J connectivity index is 2.08. The number of hydrogen-bond acceptors (Lipinski definition) is 3. The Labute approximate surface area is 123 Å². The number of benzene rings is 1. The number of ketones is 2. The van der Waals surface area contributed by atoms with Gasteiger partial charge in [-0.25, -0.2) is 0 Å². The number of rotatable bonds is 0. The Kier molecular flexibility index (Phi) is 2.23. The van der Waals surface area contributed by atoms with Gasteiger partial charge in [0.2, 0.25) is 11.6 Å². The van der Waals surface area contributed by atoms with Crippen molar-refractivity contribution in [3.63, 3.8) is 0 Å². The molecule has 2 aliphatic carbocycles. The summed E-state index contributed by atoms with van der Waals surface area (Å²) in [7, 11) is 0. The summed E-state index contributed by atoms with van der Waals surface area (Å²) in [5.74, 6) is -0.252. The van der Waals surface area contributed by atoms with Crippen LogP contribution in [0.1, 0.15) is 57.7 Å². The predicted molar refractivity (Wildman–Crippen MR) is 78.9 cm³/mol. The highest BCUT2D eigenvalue weighted by molar-refractivity contribution is 6.53. The van der Waals surface area contributed by atoms with Crippen LogP contribution < -0.4 is 0 Å². The van der Waals surface area contributed by atoms with Crippen LogP contribution in [0.4, 0.5) is 0 Å². The first-order valence-corrected chi connectivity index (χ1v) is 7.25. The van der Waals surface area contributed by atoms with Gasteiger partial charge in [-0.3, -0.25) is 9.59 Å². The molecule has 0 bridgehead atoms. The fourth-order valence-electron chi connectivity index (χ4n) is 3.71. The molecule has 1 aromatic carbocycles. The van der Waals surface area contributed by atoms with Gasteiger partial charge in [0, 0.05) is 11.1 Å². The highest BCUT2D eigenvalue weighted by atomic mass is 16.3. The Morgan fingerprint density at radius 1 is 1.10 bits per heavy atom. The third kappa shape index (κ3) is 1.44. The molecule has 0 spiro atoms. The first-order chi connectivity index (χ1) is 9.92. The summed E-state index contributed by atoms with van der Waals surface area (Å²) in [5.41, 5.74) is 4.81. The zero-order valence-electron chi connectivity index (χ0n) is 12.4. The molecular weight excluding hydrogens is 264 g/mol. The minimum atomic E-state index is -0.429. The molecule has 0 unspecified atom stereocenters. The smallest absolute Gasteiger partial charge is 0.237 e. The first-order valence-electron chi connectivity index (χ1n) is 7.25. The van der Waals surface area contributed by atoms with Crippen molar-refractivity contribution >= 4 is 11.6 Å². The SMILES string of the molecule is Cc1coc2c1C(=O)C(=O)c1c-2ccc2c1CCC2(C)C. The summed E-state index contributed by atoms with van der Waals surface area (Å²) in [4.78, 5) is 25.0. The maximum atomic E-state index is 12.6. The minimum absolute atomic E-state index is 0.0625. The van der Waals surface area contributed by atoms with E-state index in [2.05, 4.69) is 19.9 Å². The predicted octanol–water partition coefficient (Wildman–Crippen LogP) is 3.86. The first kappa shape index (κ1) is 12.6. The van der Waals surface area contributed by atoms with Crippen molar-refractivity contribution in [1.29, 1.82) is 0 Å². The van der Waals surface area contributed by atoms with Gasteiger partial charge in [0.25, 0.3) is 0 Å². The van der Waals surface area contributed by atoms with Crippen LogP contribution in [0.3, 0.4) is 0 Å². The Morgan fingerprint density at radius 3 is 2.57 bits per heavy atom. The van der Waals surface area contributed by atoms with Gasteiger partial charge in [0.1, 0.15) is 5.76 Å². The number of carbonyl (C=O) groups is 2. The van der Waals surface area contributed by atoms with Crippen LogP contribution in [-0.2, 0) is 11.8 Å². The molecule has 0 atom stereocenters. The number of furan rings is 1. The Morgan fingerprint density at radius 2 is 1.81 bits per heavy atom. The molecule has 3 heteroatoms. The number of fused-ring (bicyclic) bond motifs is 5. The average molecular weight is 280 g/mol. The van der Waals surface area contributed by atoms with Crippen LogP contribution in [0, 0.1) is 6.92 Å². The molecule has 0 fully saturated rings. The second-order valence-corrected chi connectivity index (χ2v) is 6.68. The topological polar surface area (TPSA) is 47.3 Å². The number of Topliss-reactive ketones (excluding diaryl/α,β-unsaturated/α-hetero) is 2. The van der Waals surface area contributed by atoms with E-state index in [1.165, 1.54) is 5.56 Å². The lowest BCUT2D eigenvalue weighted by Crippen LogP contribution is -2.23. The molecule has 21 heavy (non-hydrogen) atoms. The van der Waals surface area contributed by atoms with E-state index in [9.17, 15) is 9.59 Å². The largest absolute Gasteiger partial charge is 0.463 e.